The Morgan fingerprint density at radius 3 is 2.68 bits per heavy atom. The first-order valence-electron chi connectivity index (χ1n) is 5.57. The van der Waals surface area contributed by atoms with Crippen LogP contribution in [-0.4, -0.2) is 22.1 Å². The van der Waals surface area contributed by atoms with Crippen molar-refractivity contribution in [2.75, 3.05) is 5.32 Å². The van der Waals surface area contributed by atoms with E-state index in [1.54, 1.807) is 0 Å². The Morgan fingerprint density at radius 1 is 1.42 bits per heavy atom. The molecule has 0 spiro atoms. The van der Waals surface area contributed by atoms with Gasteiger partial charge in [-0.1, -0.05) is 18.5 Å². The van der Waals surface area contributed by atoms with Crippen LogP contribution in [0.25, 0.3) is 0 Å². The number of carbonyl (C=O) groups excluding carboxylic acids is 1. The summed E-state index contributed by atoms with van der Waals surface area (Å²) in [4.78, 5) is 22.2. The number of hydrogen-bond acceptors (Lipinski definition) is 3. The number of aromatic carboxylic acids is 1. The minimum Gasteiger partial charge on any atom is -0.478 e. The molecule has 1 aromatic carbocycles. The van der Waals surface area contributed by atoms with Crippen molar-refractivity contribution in [1.29, 1.82) is 0 Å². The van der Waals surface area contributed by atoms with E-state index in [1.807, 2.05) is 6.92 Å². The van der Waals surface area contributed by atoms with Gasteiger partial charge in [0.15, 0.2) is 5.11 Å². The summed E-state index contributed by atoms with van der Waals surface area (Å²) < 4.78 is 0. The Kier molecular flexibility index (Phi) is 5.72. The number of benzene rings is 1. The molecule has 0 aliphatic rings. The predicted molar refractivity (Wildman–Crippen MR) is 77.7 cm³/mol. The fraction of sp³-hybridized carbons (Fsp3) is 0.250. The third-order valence-electron chi connectivity index (χ3n) is 2.19. The normalized spacial score (nSPS) is 9.79. The number of amides is 1. The van der Waals surface area contributed by atoms with E-state index in [1.165, 1.54) is 18.2 Å². The summed E-state index contributed by atoms with van der Waals surface area (Å²) in [7, 11) is 0. The summed E-state index contributed by atoms with van der Waals surface area (Å²) in [6.07, 6.45) is 1.08. The smallest absolute Gasteiger partial charge is 0.335 e. The average Bonchev–Trinajstić information content (AvgIpc) is 2.31. The van der Waals surface area contributed by atoms with Crippen LogP contribution in [-0.2, 0) is 4.79 Å². The highest BCUT2D eigenvalue weighted by Crippen LogP contribution is 2.23. The van der Waals surface area contributed by atoms with Gasteiger partial charge in [0.05, 0.1) is 16.3 Å². The molecule has 0 bridgehead atoms. The molecule has 0 saturated heterocycles. The zero-order valence-electron chi connectivity index (χ0n) is 10.2. The van der Waals surface area contributed by atoms with Gasteiger partial charge >= 0.3 is 5.97 Å². The third-order valence-corrected chi connectivity index (χ3v) is 2.73. The lowest BCUT2D eigenvalue weighted by Gasteiger charge is -2.11. The van der Waals surface area contributed by atoms with E-state index in [-0.39, 0.29) is 16.6 Å². The van der Waals surface area contributed by atoms with Crippen molar-refractivity contribution >= 4 is 46.5 Å². The number of carboxylic acids is 1. The highest BCUT2D eigenvalue weighted by molar-refractivity contribution is 7.80. The summed E-state index contributed by atoms with van der Waals surface area (Å²) in [5.41, 5.74) is 0.415. The Bertz CT molecular complexity index is 520. The van der Waals surface area contributed by atoms with Gasteiger partial charge in [0.1, 0.15) is 0 Å². The fourth-order valence-electron chi connectivity index (χ4n) is 1.32. The van der Waals surface area contributed by atoms with Gasteiger partial charge in [0.2, 0.25) is 5.91 Å². The van der Waals surface area contributed by atoms with E-state index in [2.05, 4.69) is 10.6 Å². The molecular formula is C12H13ClN2O3S. The van der Waals surface area contributed by atoms with E-state index in [0.717, 1.165) is 0 Å². The van der Waals surface area contributed by atoms with Crippen molar-refractivity contribution in [1.82, 2.24) is 5.32 Å². The quantitative estimate of drug-likeness (QED) is 0.745. The number of nitrogens with one attached hydrogen (secondary N) is 2. The monoisotopic (exact) mass is 300 g/mol. The molecule has 5 nitrogen and oxygen atoms in total. The minimum atomic E-state index is -1.07. The topological polar surface area (TPSA) is 78.4 Å². The highest BCUT2D eigenvalue weighted by atomic mass is 35.5. The van der Waals surface area contributed by atoms with Gasteiger partial charge in [-0.15, -0.1) is 0 Å². The molecule has 7 heteroatoms. The summed E-state index contributed by atoms with van der Waals surface area (Å²) in [5, 5.41) is 14.5. The Morgan fingerprint density at radius 2 is 2.11 bits per heavy atom. The van der Waals surface area contributed by atoms with Crippen LogP contribution in [0.3, 0.4) is 0 Å². The second-order valence-corrected chi connectivity index (χ2v) is 4.57. The Balaban J connectivity index is 2.76. The number of carbonyl (C=O) groups is 2. The Hall–Kier alpha value is -1.66. The number of rotatable bonds is 4. The maximum Gasteiger partial charge on any atom is 0.335 e. The van der Waals surface area contributed by atoms with Crippen molar-refractivity contribution in [3.05, 3.63) is 28.8 Å². The minimum absolute atomic E-state index is 0.0783. The lowest BCUT2D eigenvalue weighted by molar-refractivity contribution is -0.119. The molecular weight excluding hydrogens is 288 g/mol. The maximum atomic E-state index is 11.3. The SMILES string of the molecule is CCCC(=O)NC(=S)Nc1cc(C(=O)O)ccc1Cl. The molecule has 102 valence electrons. The molecule has 0 heterocycles. The molecule has 0 aliphatic carbocycles. The number of anilines is 1. The van der Waals surface area contributed by atoms with E-state index in [4.69, 9.17) is 28.9 Å². The maximum absolute atomic E-state index is 11.3. The molecule has 0 aliphatic heterocycles. The van der Waals surface area contributed by atoms with Gasteiger partial charge < -0.3 is 15.7 Å². The number of hydrogen-bond donors (Lipinski definition) is 3. The summed E-state index contributed by atoms with van der Waals surface area (Å²) >= 11 is 10.9. The lowest BCUT2D eigenvalue weighted by atomic mass is 10.2. The molecule has 1 aromatic rings. The number of thiocarbonyl (C=S) groups is 1. The first-order chi connectivity index (χ1) is 8.93. The first-order valence-corrected chi connectivity index (χ1v) is 6.36. The van der Waals surface area contributed by atoms with Gasteiger partial charge in [-0.3, -0.25) is 4.79 Å². The second kappa shape index (κ2) is 7.06. The molecule has 19 heavy (non-hydrogen) atoms. The van der Waals surface area contributed by atoms with E-state index < -0.39 is 5.97 Å². The second-order valence-electron chi connectivity index (χ2n) is 3.75. The molecule has 3 N–H and O–H groups in total. The first kappa shape index (κ1) is 15.4. The van der Waals surface area contributed by atoms with Gasteiger partial charge in [-0.2, -0.15) is 0 Å². The highest BCUT2D eigenvalue weighted by Gasteiger charge is 2.09. The van der Waals surface area contributed by atoms with Gasteiger partial charge in [-0.05, 0) is 36.8 Å². The summed E-state index contributed by atoms with van der Waals surface area (Å²) in [6.45, 7) is 1.88. The molecule has 0 saturated carbocycles. The zero-order chi connectivity index (χ0) is 14.4. The van der Waals surface area contributed by atoms with Crippen LogP contribution >= 0.6 is 23.8 Å². The fourth-order valence-corrected chi connectivity index (χ4v) is 1.71. The van der Waals surface area contributed by atoms with E-state index in [0.29, 0.717) is 23.6 Å². The van der Waals surface area contributed by atoms with Gasteiger partial charge in [0.25, 0.3) is 0 Å². The van der Waals surface area contributed by atoms with E-state index >= 15 is 0 Å². The predicted octanol–water partition coefficient (Wildman–Crippen LogP) is 2.65. The van der Waals surface area contributed by atoms with Crippen LogP contribution in [0, 0.1) is 0 Å². The molecule has 0 aromatic heterocycles. The van der Waals surface area contributed by atoms with Crippen molar-refractivity contribution in [3.63, 3.8) is 0 Å². The van der Waals surface area contributed by atoms with Crippen molar-refractivity contribution in [3.8, 4) is 0 Å². The third kappa shape index (κ3) is 4.84. The summed E-state index contributed by atoms with van der Waals surface area (Å²) in [6, 6.07) is 4.18. The van der Waals surface area contributed by atoms with E-state index in [9.17, 15) is 9.59 Å². The molecule has 0 radical (unpaired) electrons. The van der Waals surface area contributed by atoms with Gasteiger partial charge in [0, 0.05) is 6.42 Å². The van der Waals surface area contributed by atoms with Crippen LogP contribution in [0.2, 0.25) is 5.02 Å². The zero-order valence-corrected chi connectivity index (χ0v) is 11.8. The van der Waals surface area contributed by atoms with Crippen LogP contribution in [0.15, 0.2) is 18.2 Å². The molecule has 0 fully saturated rings. The average molecular weight is 301 g/mol. The van der Waals surface area contributed by atoms with Crippen molar-refractivity contribution < 1.29 is 14.7 Å². The van der Waals surface area contributed by atoms with Crippen LogP contribution in [0.4, 0.5) is 5.69 Å². The summed E-state index contributed by atoms with van der Waals surface area (Å²) in [5.74, 6) is -1.27. The van der Waals surface area contributed by atoms with Gasteiger partial charge in [-0.25, -0.2) is 4.79 Å². The number of halogens is 1. The Labute approximate surface area is 121 Å². The van der Waals surface area contributed by atoms with Crippen LogP contribution in [0.1, 0.15) is 30.1 Å². The van der Waals surface area contributed by atoms with Crippen molar-refractivity contribution in [2.45, 2.75) is 19.8 Å². The molecule has 0 atom stereocenters. The molecule has 1 amide bonds. The lowest BCUT2D eigenvalue weighted by Crippen LogP contribution is -2.33. The van der Waals surface area contributed by atoms with Crippen LogP contribution in [0.5, 0.6) is 0 Å². The van der Waals surface area contributed by atoms with Crippen molar-refractivity contribution in [2.24, 2.45) is 0 Å². The molecule has 1 rings (SSSR count). The van der Waals surface area contributed by atoms with Crippen LogP contribution < -0.4 is 10.6 Å². The largest absolute Gasteiger partial charge is 0.478 e. The molecule has 0 unspecified atom stereocenters. The number of carboxylic acid groups (broad SMARTS) is 1. The standard InChI is InChI=1S/C12H13ClN2O3S/c1-2-3-10(16)15-12(19)14-9-6-7(11(17)18)4-5-8(9)13/h4-6H,2-3H2,1H3,(H,17,18)(H2,14,15,16,19).